The van der Waals surface area contributed by atoms with Crippen LogP contribution in [0.5, 0.6) is 0 Å². The molecule has 0 bridgehead atoms. The predicted molar refractivity (Wildman–Crippen MR) is 78.0 cm³/mol. The maximum Gasteiger partial charge on any atom is 0.242 e. The van der Waals surface area contributed by atoms with Gasteiger partial charge in [0, 0.05) is 26.4 Å². The van der Waals surface area contributed by atoms with Crippen LogP contribution in [0.1, 0.15) is 53.4 Å². The number of unbranched alkanes of at least 4 members (excludes halogenated alkanes) is 1. The van der Waals surface area contributed by atoms with Crippen molar-refractivity contribution in [1.29, 1.82) is 0 Å². The summed E-state index contributed by atoms with van der Waals surface area (Å²) in [6.45, 7) is 7.39. The minimum Gasteiger partial charge on any atom is -0.356 e. The second-order valence-corrected chi connectivity index (χ2v) is 5.05. The molecule has 0 spiro atoms. The first kappa shape index (κ1) is 18.4. The van der Waals surface area contributed by atoms with Crippen LogP contribution >= 0.6 is 0 Å². The molecule has 0 saturated heterocycles. The topological polar surface area (TPSA) is 87.3 Å². The van der Waals surface area contributed by atoms with E-state index in [1.807, 2.05) is 13.8 Å². The molecule has 0 aromatic heterocycles. The molecule has 116 valence electrons. The molecule has 3 amide bonds. The first-order chi connectivity index (χ1) is 9.36. The molecule has 2 atom stereocenters. The second kappa shape index (κ2) is 10.2. The predicted octanol–water partition coefficient (Wildman–Crippen LogP) is 0.712. The molecule has 0 aromatic rings. The van der Waals surface area contributed by atoms with Gasteiger partial charge in [0.15, 0.2) is 0 Å². The highest BCUT2D eigenvalue weighted by molar-refractivity contribution is 5.86. The van der Waals surface area contributed by atoms with E-state index in [1.165, 1.54) is 13.8 Å². The van der Waals surface area contributed by atoms with Gasteiger partial charge in [-0.3, -0.25) is 14.4 Å². The number of carbonyl (C=O) groups excluding carboxylic acids is 3. The highest BCUT2D eigenvalue weighted by Crippen LogP contribution is 2.02. The molecule has 0 heterocycles. The van der Waals surface area contributed by atoms with Crippen molar-refractivity contribution in [2.75, 3.05) is 6.54 Å². The van der Waals surface area contributed by atoms with Crippen molar-refractivity contribution in [2.45, 2.75) is 65.5 Å². The standard InChI is InChI=1S/C14H27N3O3/c1-5-10(2)16-14(20)13(17-12(4)19)8-6-7-9-15-11(3)18/h10,13H,5-9H2,1-4H3,(H,15,18)(H,16,20)(H,17,19). The fourth-order valence-electron chi connectivity index (χ4n) is 1.70. The first-order valence-corrected chi connectivity index (χ1v) is 7.18. The van der Waals surface area contributed by atoms with Gasteiger partial charge in [-0.1, -0.05) is 6.92 Å². The average Bonchev–Trinajstić information content (AvgIpc) is 2.35. The van der Waals surface area contributed by atoms with Crippen molar-refractivity contribution in [3.05, 3.63) is 0 Å². The van der Waals surface area contributed by atoms with E-state index in [0.717, 1.165) is 19.3 Å². The van der Waals surface area contributed by atoms with E-state index in [2.05, 4.69) is 16.0 Å². The molecule has 6 heteroatoms. The molecule has 0 aromatic carbocycles. The molecule has 0 aliphatic rings. The van der Waals surface area contributed by atoms with E-state index < -0.39 is 6.04 Å². The van der Waals surface area contributed by atoms with E-state index in [4.69, 9.17) is 0 Å². The quantitative estimate of drug-likeness (QED) is 0.545. The van der Waals surface area contributed by atoms with Crippen LogP contribution in [0.4, 0.5) is 0 Å². The van der Waals surface area contributed by atoms with Gasteiger partial charge in [-0.15, -0.1) is 0 Å². The van der Waals surface area contributed by atoms with Crippen molar-refractivity contribution in [3.8, 4) is 0 Å². The summed E-state index contributed by atoms with van der Waals surface area (Å²) in [5.41, 5.74) is 0. The zero-order chi connectivity index (χ0) is 15.5. The Balaban J connectivity index is 4.17. The SMILES string of the molecule is CCC(C)NC(=O)C(CCCCNC(C)=O)NC(C)=O. The molecule has 0 aliphatic carbocycles. The van der Waals surface area contributed by atoms with Gasteiger partial charge in [-0.05, 0) is 32.6 Å². The van der Waals surface area contributed by atoms with Crippen LogP contribution in [-0.2, 0) is 14.4 Å². The lowest BCUT2D eigenvalue weighted by Gasteiger charge is -2.20. The van der Waals surface area contributed by atoms with Gasteiger partial charge in [0.25, 0.3) is 0 Å². The molecule has 3 N–H and O–H groups in total. The van der Waals surface area contributed by atoms with Gasteiger partial charge < -0.3 is 16.0 Å². The maximum atomic E-state index is 12.0. The van der Waals surface area contributed by atoms with Crippen LogP contribution in [0.25, 0.3) is 0 Å². The molecular formula is C14H27N3O3. The summed E-state index contributed by atoms with van der Waals surface area (Å²) in [6, 6.07) is -0.406. The molecule has 0 saturated carbocycles. The summed E-state index contributed by atoms with van der Waals surface area (Å²) in [5, 5.41) is 8.24. The lowest BCUT2D eigenvalue weighted by molar-refractivity contribution is -0.128. The summed E-state index contributed by atoms with van der Waals surface area (Å²) < 4.78 is 0. The number of carbonyl (C=O) groups is 3. The Kier molecular flexibility index (Phi) is 9.41. The van der Waals surface area contributed by atoms with Gasteiger partial charge in [-0.25, -0.2) is 0 Å². The zero-order valence-corrected chi connectivity index (χ0v) is 12.9. The summed E-state index contributed by atoms with van der Waals surface area (Å²) in [4.78, 5) is 33.9. The Morgan fingerprint density at radius 2 is 1.65 bits per heavy atom. The van der Waals surface area contributed by atoms with Crippen molar-refractivity contribution in [1.82, 2.24) is 16.0 Å². The molecule has 0 aliphatic heterocycles. The highest BCUT2D eigenvalue weighted by atomic mass is 16.2. The molecule has 2 unspecified atom stereocenters. The lowest BCUT2D eigenvalue weighted by atomic mass is 10.1. The van der Waals surface area contributed by atoms with Gasteiger partial charge >= 0.3 is 0 Å². The molecule has 0 fully saturated rings. The van der Waals surface area contributed by atoms with Crippen LogP contribution in [0.3, 0.4) is 0 Å². The Bertz CT molecular complexity index is 332. The summed E-state index contributed by atoms with van der Waals surface area (Å²) >= 11 is 0. The van der Waals surface area contributed by atoms with Gasteiger partial charge in [0.05, 0.1) is 0 Å². The molecule has 6 nitrogen and oxygen atoms in total. The van der Waals surface area contributed by atoms with Crippen LogP contribution in [0.2, 0.25) is 0 Å². The van der Waals surface area contributed by atoms with Gasteiger partial charge in [0.1, 0.15) is 6.04 Å². The zero-order valence-electron chi connectivity index (χ0n) is 12.9. The Hall–Kier alpha value is -1.59. The number of hydrogen-bond acceptors (Lipinski definition) is 3. The van der Waals surface area contributed by atoms with E-state index in [1.54, 1.807) is 0 Å². The Labute approximate surface area is 121 Å². The summed E-state index contributed by atoms with van der Waals surface area (Å²) in [6.07, 6.45) is 2.97. The Morgan fingerprint density at radius 3 is 2.15 bits per heavy atom. The van der Waals surface area contributed by atoms with Crippen molar-refractivity contribution in [3.63, 3.8) is 0 Å². The van der Waals surface area contributed by atoms with Crippen LogP contribution < -0.4 is 16.0 Å². The molecule has 0 rings (SSSR count). The fraction of sp³-hybridized carbons (Fsp3) is 0.786. The van der Waals surface area contributed by atoms with E-state index in [9.17, 15) is 14.4 Å². The molecule has 0 radical (unpaired) electrons. The van der Waals surface area contributed by atoms with E-state index >= 15 is 0 Å². The third-order valence-corrected chi connectivity index (χ3v) is 2.99. The molecule has 20 heavy (non-hydrogen) atoms. The minimum atomic E-state index is -0.501. The van der Waals surface area contributed by atoms with Crippen LogP contribution in [0.15, 0.2) is 0 Å². The number of nitrogens with one attached hydrogen (secondary N) is 3. The number of amides is 3. The van der Waals surface area contributed by atoms with Crippen molar-refractivity contribution < 1.29 is 14.4 Å². The Morgan fingerprint density at radius 1 is 1.00 bits per heavy atom. The smallest absolute Gasteiger partial charge is 0.242 e. The number of hydrogen-bond donors (Lipinski definition) is 3. The van der Waals surface area contributed by atoms with Crippen LogP contribution in [-0.4, -0.2) is 36.3 Å². The fourth-order valence-corrected chi connectivity index (χ4v) is 1.70. The third kappa shape index (κ3) is 9.35. The van der Waals surface area contributed by atoms with Gasteiger partial charge in [-0.2, -0.15) is 0 Å². The van der Waals surface area contributed by atoms with E-state index in [0.29, 0.717) is 13.0 Å². The monoisotopic (exact) mass is 285 g/mol. The summed E-state index contributed by atoms with van der Waals surface area (Å²) in [5.74, 6) is -0.414. The minimum absolute atomic E-state index is 0.0575. The van der Waals surface area contributed by atoms with Gasteiger partial charge in [0.2, 0.25) is 17.7 Å². The average molecular weight is 285 g/mol. The van der Waals surface area contributed by atoms with E-state index in [-0.39, 0.29) is 23.8 Å². The van der Waals surface area contributed by atoms with Crippen molar-refractivity contribution >= 4 is 17.7 Å². The van der Waals surface area contributed by atoms with Crippen LogP contribution in [0, 0.1) is 0 Å². The maximum absolute atomic E-state index is 12.0. The lowest BCUT2D eigenvalue weighted by Crippen LogP contribution is -2.48. The second-order valence-electron chi connectivity index (χ2n) is 5.05. The first-order valence-electron chi connectivity index (χ1n) is 7.18. The summed E-state index contributed by atoms with van der Waals surface area (Å²) in [7, 11) is 0. The third-order valence-electron chi connectivity index (χ3n) is 2.99. The largest absolute Gasteiger partial charge is 0.356 e. The number of rotatable bonds is 9. The molecular weight excluding hydrogens is 258 g/mol. The normalized spacial score (nSPS) is 13.2. The highest BCUT2D eigenvalue weighted by Gasteiger charge is 2.19. The van der Waals surface area contributed by atoms with Crippen molar-refractivity contribution in [2.24, 2.45) is 0 Å².